The number of alkyl halides is 1. The molecular formula is C16H31ClO. The molecule has 0 N–H and O–H groups in total. The summed E-state index contributed by atoms with van der Waals surface area (Å²) < 4.78 is 0. The van der Waals surface area contributed by atoms with Gasteiger partial charge in [-0.1, -0.05) is 71.1 Å². The van der Waals surface area contributed by atoms with E-state index in [1.807, 2.05) is 0 Å². The molecule has 0 aliphatic heterocycles. The maximum Gasteiger partial charge on any atom is 0.150 e. The average Bonchev–Trinajstić information content (AvgIpc) is 2.35. The first kappa shape index (κ1) is 18.0. The van der Waals surface area contributed by atoms with Crippen molar-refractivity contribution in [3.63, 3.8) is 0 Å². The van der Waals surface area contributed by atoms with Gasteiger partial charge in [0.2, 0.25) is 0 Å². The fraction of sp³-hybridized carbons (Fsp3) is 0.938. The Morgan fingerprint density at radius 1 is 0.833 bits per heavy atom. The monoisotopic (exact) mass is 274 g/mol. The molecule has 0 aliphatic carbocycles. The maximum absolute atomic E-state index is 11.3. The second kappa shape index (κ2) is 13.4. The minimum absolute atomic E-state index is 0.201. The van der Waals surface area contributed by atoms with Crippen LogP contribution in [0.2, 0.25) is 0 Å². The van der Waals surface area contributed by atoms with Gasteiger partial charge in [0, 0.05) is 6.42 Å². The third-order valence-corrected chi connectivity index (χ3v) is 3.71. The Morgan fingerprint density at radius 3 is 1.61 bits per heavy atom. The van der Waals surface area contributed by atoms with Gasteiger partial charge in [-0.15, -0.1) is 11.6 Å². The molecule has 1 nitrogen and oxygen atoms in total. The van der Waals surface area contributed by atoms with Crippen LogP contribution in [0.4, 0.5) is 0 Å². The van der Waals surface area contributed by atoms with Gasteiger partial charge in [-0.05, 0) is 13.3 Å². The summed E-state index contributed by atoms with van der Waals surface area (Å²) in [4.78, 5) is 11.3. The normalized spacial score (nSPS) is 12.6. The van der Waals surface area contributed by atoms with Gasteiger partial charge in [0.05, 0.1) is 5.38 Å². The lowest BCUT2D eigenvalue weighted by Gasteiger charge is -2.03. The Hall–Kier alpha value is -0.0400. The minimum Gasteiger partial charge on any atom is -0.298 e. The van der Waals surface area contributed by atoms with E-state index < -0.39 is 0 Å². The molecule has 0 bridgehead atoms. The first-order valence-electron chi connectivity index (χ1n) is 7.85. The zero-order valence-electron chi connectivity index (χ0n) is 12.3. The van der Waals surface area contributed by atoms with Crippen molar-refractivity contribution in [2.24, 2.45) is 0 Å². The summed E-state index contributed by atoms with van der Waals surface area (Å²) in [6, 6.07) is 0. The molecule has 1 unspecified atom stereocenters. The Labute approximate surface area is 119 Å². The van der Waals surface area contributed by atoms with E-state index in [-0.39, 0.29) is 11.2 Å². The lowest BCUT2D eigenvalue weighted by molar-refractivity contribution is -0.118. The first-order valence-corrected chi connectivity index (χ1v) is 8.29. The lowest BCUT2D eigenvalue weighted by atomic mass is 10.0. The molecule has 0 radical (unpaired) electrons. The van der Waals surface area contributed by atoms with Crippen LogP contribution in [0.25, 0.3) is 0 Å². The van der Waals surface area contributed by atoms with Crippen molar-refractivity contribution in [1.29, 1.82) is 0 Å². The molecule has 0 saturated heterocycles. The minimum atomic E-state index is -0.298. The summed E-state index contributed by atoms with van der Waals surface area (Å²) in [6.45, 7) is 4.03. The second-order valence-electron chi connectivity index (χ2n) is 5.37. The third kappa shape index (κ3) is 12.4. The molecule has 1 atom stereocenters. The Balaban J connectivity index is 3.05. The standard InChI is InChI=1S/C16H31ClO/c1-3-4-5-6-7-8-9-10-11-12-13-14-16(18)15(2)17/h15H,3-14H2,1-2H3. The predicted molar refractivity (Wildman–Crippen MR) is 81.4 cm³/mol. The van der Waals surface area contributed by atoms with Crippen molar-refractivity contribution >= 4 is 17.4 Å². The van der Waals surface area contributed by atoms with Gasteiger partial charge >= 0.3 is 0 Å². The highest BCUT2D eigenvalue weighted by molar-refractivity contribution is 6.30. The van der Waals surface area contributed by atoms with Crippen LogP contribution in [0.15, 0.2) is 0 Å². The summed E-state index contributed by atoms with van der Waals surface area (Å²) in [5, 5.41) is -0.298. The van der Waals surface area contributed by atoms with Crippen molar-refractivity contribution in [3.8, 4) is 0 Å². The van der Waals surface area contributed by atoms with Crippen molar-refractivity contribution < 1.29 is 4.79 Å². The van der Waals surface area contributed by atoms with Crippen molar-refractivity contribution in [2.75, 3.05) is 0 Å². The lowest BCUT2D eigenvalue weighted by Crippen LogP contribution is -2.09. The summed E-state index contributed by atoms with van der Waals surface area (Å²) in [7, 11) is 0. The number of carbonyl (C=O) groups excluding carboxylic acids is 1. The van der Waals surface area contributed by atoms with E-state index >= 15 is 0 Å². The molecule has 0 fully saturated rings. The van der Waals surface area contributed by atoms with Crippen LogP contribution in [-0.4, -0.2) is 11.2 Å². The van der Waals surface area contributed by atoms with E-state index in [2.05, 4.69) is 6.92 Å². The van der Waals surface area contributed by atoms with Crippen LogP contribution in [0.1, 0.15) is 90.9 Å². The summed E-state index contributed by atoms with van der Waals surface area (Å²) in [6.07, 6.45) is 15.2. The van der Waals surface area contributed by atoms with Crippen molar-refractivity contribution in [1.82, 2.24) is 0 Å². The quantitative estimate of drug-likeness (QED) is 0.303. The Bertz CT molecular complexity index is 190. The van der Waals surface area contributed by atoms with Crippen LogP contribution in [-0.2, 0) is 4.79 Å². The molecule has 0 aromatic rings. The fourth-order valence-electron chi connectivity index (χ4n) is 2.16. The predicted octanol–water partition coefficient (Wildman–Crippen LogP) is 5.88. The van der Waals surface area contributed by atoms with Gasteiger partial charge in [0.25, 0.3) is 0 Å². The zero-order chi connectivity index (χ0) is 13.6. The molecule has 108 valence electrons. The van der Waals surface area contributed by atoms with E-state index in [1.54, 1.807) is 6.92 Å². The van der Waals surface area contributed by atoms with E-state index in [0.717, 1.165) is 6.42 Å². The van der Waals surface area contributed by atoms with Gasteiger partial charge < -0.3 is 0 Å². The molecule has 18 heavy (non-hydrogen) atoms. The first-order chi connectivity index (χ1) is 8.68. The van der Waals surface area contributed by atoms with Gasteiger partial charge in [0.1, 0.15) is 5.78 Å². The van der Waals surface area contributed by atoms with E-state index in [0.29, 0.717) is 6.42 Å². The van der Waals surface area contributed by atoms with Gasteiger partial charge in [-0.25, -0.2) is 0 Å². The molecule has 0 saturated carbocycles. The van der Waals surface area contributed by atoms with Gasteiger partial charge in [-0.3, -0.25) is 4.79 Å². The third-order valence-electron chi connectivity index (χ3n) is 3.47. The number of halogens is 1. The summed E-state index contributed by atoms with van der Waals surface area (Å²) in [5.41, 5.74) is 0. The smallest absolute Gasteiger partial charge is 0.150 e. The van der Waals surface area contributed by atoms with Crippen molar-refractivity contribution in [2.45, 2.75) is 96.3 Å². The van der Waals surface area contributed by atoms with Crippen molar-refractivity contribution in [3.05, 3.63) is 0 Å². The molecule has 0 aliphatic rings. The maximum atomic E-state index is 11.3. The highest BCUT2D eigenvalue weighted by Crippen LogP contribution is 2.12. The number of carbonyl (C=O) groups is 1. The SMILES string of the molecule is CCCCCCCCCCCCCC(=O)C(C)Cl. The van der Waals surface area contributed by atoms with Crippen LogP contribution in [0.3, 0.4) is 0 Å². The number of ketones is 1. The van der Waals surface area contributed by atoms with E-state index in [9.17, 15) is 4.79 Å². The molecule has 0 heterocycles. The molecular weight excluding hydrogens is 244 g/mol. The van der Waals surface area contributed by atoms with E-state index in [1.165, 1.54) is 64.2 Å². The summed E-state index contributed by atoms with van der Waals surface area (Å²) >= 11 is 5.71. The molecule has 0 amide bonds. The van der Waals surface area contributed by atoms with Crippen LogP contribution in [0, 0.1) is 0 Å². The Kier molecular flexibility index (Phi) is 13.4. The molecule has 0 rings (SSSR count). The van der Waals surface area contributed by atoms with Crippen LogP contribution < -0.4 is 0 Å². The molecule has 0 spiro atoms. The number of hydrogen-bond acceptors (Lipinski definition) is 1. The van der Waals surface area contributed by atoms with Crippen LogP contribution in [0.5, 0.6) is 0 Å². The zero-order valence-corrected chi connectivity index (χ0v) is 13.1. The number of hydrogen-bond donors (Lipinski definition) is 0. The topological polar surface area (TPSA) is 17.1 Å². The fourth-order valence-corrected chi connectivity index (χ4v) is 2.27. The Morgan fingerprint density at radius 2 is 1.22 bits per heavy atom. The number of Topliss-reactive ketones (excluding diaryl/α,β-unsaturated/α-hetero) is 1. The molecule has 0 aromatic heterocycles. The van der Waals surface area contributed by atoms with Gasteiger partial charge in [0.15, 0.2) is 0 Å². The highest BCUT2D eigenvalue weighted by Gasteiger charge is 2.07. The van der Waals surface area contributed by atoms with Gasteiger partial charge in [-0.2, -0.15) is 0 Å². The van der Waals surface area contributed by atoms with E-state index in [4.69, 9.17) is 11.6 Å². The highest BCUT2D eigenvalue weighted by atomic mass is 35.5. The second-order valence-corrected chi connectivity index (χ2v) is 6.02. The van der Waals surface area contributed by atoms with Crippen LogP contribution >= 0.6 is 11.6 Å². The number of unbranched alkanes of at least 4 members (excludes halogenated alkanes) is 10. The number of rotatable bonds is 13. The summed E-state index contributed by atoms with van der Waals surface area (Å²) in [5.74, 6) is 0.201. The largest absolute Gasteiger partial charge is 0.298 e. The average molecular weight is 275 g/mol. The molecule has 2 heteroatoms. The molecule has 0 aromatic carbocycles.